The second-order valence-electron chi connectivity index (χ2n) is 3.24. The molecular weight excluding hydrogens is 280 g/mol. The first-order valence-corrected chi connectivity index (χ1v) is 5.66. The number of rotatable bonds is 6. The maximum Gasteiger partial charge on any atom is 0.338 e. The predicted octanol–water partition coefficient (Wildman–Crippen LogP) is 0.627. The van der Waals surface area contributed by atoms with Crippen molar-refractivity contribution in [2.45, 2.75) is 0 Å². The highest BCUT2D eigenvalue weighted by molar-refractivity contribution is 6.04. The minimum Gasteiger partial charge on any atom is -0.458 e. The Bertz CT molecular complexity index is 444. The molecule has 1 aliphatic rings. The lowest BCUT2D eigenvalue weighted by molar-refractivity contribution is -0.150. The highest BCUT2D eigenvalue weighted by Gasteiger charge is 2.10. The van der Waals surface area contributed by atoms with Gasteiger partial charge >= 0.3 is 23.9 Å². The van der Waals surface area contributed by atoms with Crippen LogP contribution in [-0.4, -0.2) is 37.1 Å². The van der Waals surface area contributed by atoms with Crippen molar-refractivity contribution >= 4 is 23.9 Å². The van der Waals surface area contributed by atoms with Crippen LogP contribution < -0.4 is 0 Å². The van der Waals surface area contributed by atoms with Gasteiger partial charge in [-0.3, -0.25) is 0 Å². The Kier molecular flexibility index (Phi) is 9.38. The van der Waals surface area contributed by atoms with Gasteiger partial charge in [0.15, 0.2) is 0 Å². The van der Waals surface area contributed by atoms with Crippen molar-refractivity contribution in [2.24, 2.45) is 0 Å². The monoisotopic (exact) mass is 294 g/mol. The van der Waals surface area contributed by atoms with E-state index in [1.54, 1.807) is 0 Å². The zero-order valence-electron chi connectivity index (χ0n) is 11.2. The molecule has 0 N–H and O–H groups in total. The molecule has 7 nitrogen and oxygen atoms in total. The van der Waals surface area contributed by atoms with Crippen LogP contribution in [-0.2, 0) is 33.4 Å². The fourth-order valence-corrected chi connectivity index (χ4v) is 0.818. The Morgan fingerprint density at radius 1 is 0.952 bits per heavy atom. The first-order chi connectivity index (χ1) is 9.99. The minimum absolute atomic E-state index is 0.116. The van der Waals surface area contributed by atoms with E-state index in [-0.39, 0.29) is 13.2 Å². The number of carbonyl (C=O) groups is 4. The quantitative estimate of drug-likeness (QED) is 0.233. The van der Waals surface area contributed by atoms with Crippen molar-refractivity contribution in [1.29, 1.82) is 0 Å². The van der Waals surface area contributed by atoms with Gasteiger partial charge in [0.2, 0.25) is 0 Å². The van der Waals surface area contributed by atoms with E-state index >= 15 is 0 Å². The molecule has 0 amide bonds. The Morgan fingerprint density at radius 3 is 1.57 bits per heavy atom. The molecule has 0 aromatic rings. The summed E-state index contributed by atoms with van der Waals surface area (Å²) in [5.41, 5.74) is 0. The van der Waals surface area contributed by atoms with Gasteiger partial charge in [0.1, 0.15) is 13.2 Å². The fraction of sp³-hybridized carbons (Fsp3) is 0.143. The van der Waals surface area contributed by atoms with Crippen LogP contribution >= 0.6 is 0 Å². The third-order valence-corrected chi connectivity index (χ3v) is 1.60. The van der Waals surface area contributed by atoms with Gasteiger partial charge in [0, 0.05) is 24.3 Å². The Labute approximate surface area is 121 Å². The third-order valence-electron chi connectivity index (χ3n) is 1.60. The van der Waals surface area contributed by atoms with Crippen LogP contribution in [0.15, 0.2) is 49.6 Å². The van der Waals surface area contributed by atoms with Gasteiger partial charge < -0.3 is 14.2 Å². The molecule has 0 atom stereocenters. The van der Waals surface area contributed by atoms with Crippen molar-refractivity contribution in [3.05, 3.63) is 49.6 Å². The van der Waals surface area contributed by atoms with Crippen molar-refractivity contribution in [3.8, 4) is 0 Å². The topological polar surface area (TPSA) is 96.0 Å². The third kappa shape index (κ3) is 10.6. The number of cyclic esters (lactones) is 2. The molecular formula is C14H14O7. The number of esters is 4. The first kappa shape index (κ1) is 18.0. The zero-order valence-corrected chi connectivity index (χ0v) is 11.2. The van der Waals surface area contributed by atoms with Crippen LogP contribution in [0, 0.1) is 0 Å². The van der Waals surface area contributed by atoms with E-state index in [2.05, 4.69) is 27.4 Å². The molecule has 1 rings (SSSR count). The van der Waals surface area contributed by atoms with E-state index in [0.29, 0.717) is 0 Å². The summed E-state index contributed by atoms with van der Waals surface area (Å²) in [6, 6.07) is 0. The second-order valence-corrected chi connectivity index (χ2v) is 3.24. The van der Waals surface area contributed by atoms with Crippen LogP contribution in [0.1, 0.15) is 0 Å². The van der Waals surface area contributed by atoms with Gasteiger partial charge in [0.05, 0.1) is 0 Å². The number of ether oxygens (including phenoxy) is 3. The molecule has 0 aliphatic carbocycles. The Hall–Kier alpha value is -2.96. The summed E-state index contributed by atoms with van der Waals surface area (Å²) >= 11 is 0. The summed E-state index contributed by atoms with van der Waals surface area (Å²) < 4.78 is 13.1. The molecule has 0 saturated carbocycles. The molecule has 1 aliphatic heterocycles. The molecule has 0 aromatic carbocycles. The maximum absolute atomic E-state index is 10.8. The summed E-state index contributed by atoms with van der Waals surface area (Å²) in [6.45, 7) is 6.96. The molecule has 0 aromatic heterocycles. The number of carbonyl (C=O) groups excluding carboxylic acids is 4. The van der Waals surface area contributed by atoms with Crippen LogP contribution in [0.3, 0.4) is 0 Å². The summed E-state index contributed by atoms with van der Waals surface area (Å²) in [7, 11) is 0. The van der Waals surface area contributed by atoms with Gasteiger partial charge in [-0.25, -0.2) is 19.2 Å². The summed E-state index contributed by atoms with van der Waals surface area (Å²) in [5, 5.41) is 0. The van der Waals surface area contributed by atoms with E-state index in [0.717, 1.165) is 24.3 Å². The lowest BCUT2D eigenvalue weighted by atomic mass is 10.5. The molecule has 1 heterocycles. The van der Waals surface area contributed by atoms with Crippen molar-refractivity contribution in [1.82, 2.24) is 0 Å². The largest absolute Gasteiger partial charge is 0.458 e. The number of hydrogen-bond acceptors (Lipinski definition) is 7. The van der Waals surface area contributed by atoms with Crippen molar-refractivity contribution < 1.29 is 33.4 Å². The lowest BCUT2D eigenvalue weighted by Gasteiger charge is -1.96. The van der Waals surface area contributed by atoms with Crippen LogP contribution in [0.25, 0.3) is 0 Å². The van der Waals surface area contributed by atoms with E-state index in [4.69, 9.17) is 0 Å². The summed E-state index contributed by atoms with van der Waals surface area (Å²) in [4.78, 5) is 41.4. The minimum atomic E-state index is -0.611. The molecule has 0 unspecified atom stereocenters. The smallest absolute Gasteiger partial charge is 0.338 e. The highest BCUT2D eigenvalue weighted by atomic mass is 16.6. The van der Waals surface area contributed by atoms with E-state index in [9.17, 15) is 19.2 Å². The SMILES string of the molecule is C=CCOC(=O)C=CC(=O)OCC=C.O=C1C=CC(=O)O1. The normalized spacial score (nSPS) is 12.2. The van der Waals surface area contributed by atoms with Crippen LogP contribution in [0.4, 0.5) is 0 Å². The van der Waals surface area contributed by atoms with Gasteiger partial charge in [-0.1, -0.05) is 25.3 Å². The Balaban J connectivity index is 0.000000471. The van der Waals surface area contributed by atoms with Crippen LogP contribution in [0.5, 0.6) is 0 Å². The molecule has 0 spiro atoms. The number of hydrogen-bond donors (Lipinski definition) is 0. The molecule has 112 valence electrons. The summed E-state index contributed by atoms with van der Waals surface area (Å²) in [6.07, 6.45) is 7.03. The molecule has 21 heavy (non-hydrogen) atoms. The van der Waals surface area contributed by atoms with Crippen molar-refractivity contribution in [3.63, 3.8) is 0 Å². The molecule has 7 heteroatoms. The summed E-state index contributed by atoms with van der Waals surface area (Å²) in [5.74, 6) is -2.38. The average Bonchev–Trinajstić information content (AvgIpc) is 2.84. The lowest BCUT2D eigenvalue weighted by Crippen LogP contribution is -2.04. The van der Waals surface area contributed by atoms with E-state index in [1.165, 1.54) is 12.2 Å². The highest BCUT2D eigenvalue weighted by Crippen LogP contribution is 1.92. The zero-order chi connectivity index (χ0) is 16.1. The maximum atomic E-state index is 10.8. The van der Waals surface area contributed by atoms with E-state index < -0.39 is 23.9 Å². The van der Waals surface area contributed by atoms with E-state index in [1.807, 2.05) is 0 Å². The Morgan fingerprint density at radius 2 is 1.33 bits per heavy atom. The van der Waals surface area contributed by atoms with Gasteiger partial charge in [-0.05, 0) is 0 Å². The van der Waals surface area contributed by atoms with Crippen molar-refractivity contribution in [2.75, 3.05) is 13.2 Å². The first-order valence-electron chi connectivity index (χ1n) is 5.66. The predicted molar refractivity (Wildman–Crippen MR) is 71.7 cm³/mol. The average molecular weight is 294 g/mol. The standard InChI is InChI=1S/C10H12O4.C4H2O3/c1-3-7-13-9(11)5-6-10(12)14-8-4-2;5-3-1-2-4(6)7-3/h3-6H,1-2,7-8H2;1-2H. The molecule has 0 fully saturated rings. The fourth-order valence-electron chi connectivity index (χ4n) is 0.818. The molecule has 0 radical (unpaired) electrons. The van der Waals surface area contributed by atoms with Crippen LogP contribution in [0.2, 0.25) is 0 Å². The molecule has 0 bridgehead atoms. The van der Waals surface area contributed by atoms with Gasteiger partial charge in [-0.2, -0.15) is 0 Å². The van der Waals surface area contributed by atoms with Gasteiger partial charge in [0.25, 0.3) is 0 Å². The molecule has 0 saturated heterocycles. The second kappa shape index (κ2) is 10.9. The van der Waals surface area contributed by atoms with Gasteiger partial charge in [-0.15, -0.1) is 0 Å².